The summed E-state index contributed by atoms with van der Waals surface area (Å²) < 4.78 is 33.2. The molecule has 1 N–H and O–H groups in total. The first-order valence-corrected chi connectivity index (χ1v) is 6.73. The van der Waals surface area contributed by atoms with Gasteiger partial charge in [-0.05, 0) is 31.2 Å². The summed E-state index contributed by atoms with van der Waals surface area (Å²) in [6, 6.07) is 4.30. The number of nitrogens with one attached hydrogen (secondary N) is 1. The first kappa shape index (κ1) is 16.7. The maximum absolute atomic E-state index is 12.0. The van der Waals surface area contributed by atoms with E-state index in [-0.39, 0.29) is 17.9 Å². The second kappa shape index (κ2) is 7.03. The Hall–Kier alpha value is -2.71. The normalized spacial score (nSPS) is 15.3. The third-order valence-corrected chi connectivity index (χ3v) is 3.07. The van der Waals surface area contributed by atoms with Gasteiger partial charge < -0.3 is 14.8 Å². The van der Waals surface area contributed by atoms with Crippen LogP contribution in [0.2, 0.25) is 0 Å². The Morgan fingerprint density at radius 3 is 2.43 bits per heavy atom. The van der Waals surface area contributed by atoms with Crippen molar-refractivity contribution in [2.75, 3.05) is 13.1 Å². The molecular weight excluding hydrogens is 314 g/mol. The van der Waals surface area contributed by atoms with E-state index >= 15 is 0 Å². The minimum atomic E-state index is -2.96. The SMILES string of the molecule is C[C@@H](OC(=O)c1ccc(OC(F)F)cc1)C(=O)N1CCNC1=O. The van der Waals surface area contributed by atoms with Gasteiger partial charge in [-0.15, -0.1) is 0 Å². The highest BCUT2D eigenvalue weighted by molar-refractivity contribution is 5.99. The number of carbonyl (C=O) groups is 3. The van der Waals surface area contributed by atoms with Crippen LogP contribution >= 0.6 is 0 Å². The van der Waals surface area contributed by atoms with Crippen LogP contribution in [0.3, 0.4) is 0 Å². The van der Waals surface area contributed by atoms with E-state index in [1.54, 1.807) is 0 Å². The molecule has 1 aliphatic heterocycles. The van der Waals surface area contributed by atoms with E-state index in [1.807, 2.05) is 0 Å². The smallest absolute Gasteiger partial charge is 0.387 e. The van der Waals surface area contributed by atoms with E-state index in [1.165, 1.54) is 31.2 Å². The number of imide groups is 1. The van der Waals surface area contributed by atoms with Gasteiger partial charge in [0.05, 0.1) is 5.56 Å². The average molecular weight is 328 g/mol. The number of rotatable bonds is 5. The van der Waals surface area contributed by atoms with Crippen molar-refractivity contribution in [1.82, 2.24) is 10.2 Å². The van der Waals surface area contributed by atoms with Crippen LogP contribution in [0.5, 0.6) is 5.75 Å². The van der Waals surface area contributed by atoms with E-state index in [2.05, 4.69) is 10.1 Å². The Morgan fingerprint density at radius 2 is 1.91 bits per heavy atom. The summed E-state index contributed by atoms with van der Waals surface area (Å²) in [6.07, 6.45) is -1.15. The quantitative estimate of drug-likeness (QED) is 0.826. The lowest BCUT2D eigenvalue weighted by molar-refractivity contribution is -0.136. The molecule has 1 atom stereocenters. The highest BCUT2D eigenvalue weighted by Gasteiger charge is 2.31. The molecule has 23 heavy (non-hydrogen) atoms. The maximum atomic E-state index is 12.0. The van der Waals surface area contributed by atoms with Crippen molar-refractivity contribution in [2.24, 2.45) is 0 Å². The van der Waals surface area contributed by atoms with Gasteiger partial charge in [-0.3, -0.25) is 9.69 Å². The largest absolute Gasteiger partial charge is 0.449 e. The second-order valence-electron chi connectivity index (χ2n) is 4.67. The number of hydrogen-bond donors (Lipinski definition) is 1. The van der Waals surface area contributed by atoms with E-state index < -0.39 is 30.6 Å². The number of carbonyl (C=O) groups excluding carboxylic acids is 3. The molecule has 1 fully saturated rings. The minimum absolute atomic E-state index is 0.0668. The molecule has 1 heterocycles. The molecule has 0 aromatic heterocycles. The number of hydrogen-bond acceptors (Lipinski definition) is 5. The van der Waals surface area contributed by atoms with Gasteiger partial charge in [0.2, 0.25) is 0 Å². The van der Waals surface area contributed by atoms with Crippen molar-refractivity contribution < 1.29 is 32.6 Å². The van der Waals surface area contributed by atoms with Gasteiger partial charge in [0, 0.05) is 13.1 Å². The lowest BCUT2D eigenvalue weighted by Gasteiger charge is -2.18. The summed E-state index contributed by atoms with van der Waals surface area (Å²) in [4.78, 5) is 36.2. The van der Waals surface area contributed by atoms with E-state index in [4.69, 9.17) is 4.74 Å². The zero-order valence-electron chi connectivity index (χ0n) is 12.1. The number of nitrogens with zero attached hydrogens (tertiary/aromatic N) is 1. The maximum Gasteiger partial charge on any atom is 0.387 e. The Bertz CT molecular complexity index is 606. The summed E-state index contributed by atoms with van der Waals surface area (Å²) in [6.45, 7) is -1.06. The molecule has 0 radical (unpaired) electrons. The molecular formula is C14H14F2N2O5. The van der Waals surface area contributed by atoms with Gasteiger partial charge >= 0.3 is 18.6 Å². The molecule has 0 spiro atoms. The Balaban J connectivity index is 1.95. The van der Waals surface area contributed by atoms with Gasteiger partial charge in [0.1, 0.15) is 5.75 Å². The fourth-order valence-electron chi connectivity index (χ4n) is 1.95. The van der Waals surface area contributed by atoms with Crippen molar-refractivity contribution in [3.05, 3.63) is 29.8 Å². The third-order valence-electron chi connectivity index (χ3n) is 3.07. The molecule has 0 bridgehead atoms. The number of ether oxygens (including phenoxy) is 2. The number of esters is 1. The molecule has 2 rings (SSSR count). The van der Waals surface area contributed by atoms with Gasteiger partial charge in [0.15, 0.2) is 6.10 Å². The number of halogens is 2. The highest BCUT2D eigenvalue weighted by Crippen LogP contribution is 2.16. The molecule has 1 aliphatic rings. The van der Waals surface area contributed by atoms with Gasteiger partial charge in [0.25, 0.3) is 5.91 Å². The molecule has 0 aliphatic carbocycles. The minimum Gasteiger partial charge on any atom is -0.449 e. The lowest BCUT2D eigenvalue weighted by atomic mass is 10.2. The van der Waals surface area contributed by atoms with Crippen LogP contribution in [0.15, 0.2) is 24.3 Å². The zero-order chi connectivity index (χ0) is 17.0. The molecule has 1 saturated heterocycles. The van der Waals surface area contributed by atoms with Crippen LogP contribution in [0.1, 0.15) is 17.3 Å². The Kier molecular flexibility index (Phi) is 5.09. The lowest BCUT2D eigenvalue weighted by Crippen LogP contribution is -2.41. The van der Waals surface area contributed by atoms with Crippen molar-refractivity contribution in [3.63, 3.8) is 0 Å². The zero-order valence-corrected chi connectivity index (χ0v) is 12.1. The fourth-order valence-corrected chi connectivity index (χ4v) is 1.95. The van der Waals surface area contributed by atoms with Crippen molar-refractivity contribution >= 4 is 17.9 Å². The van der Waals surface area contributed by atoms with Crippen LogP contribution in [0.25, 0.3) is 0 Å². The van der Waals surface area contributed by atoms with Crippen LogP contribution in [0.4, 0.5) is 13.6 Å². The van der Waals surface area contributed by atoms with Crippen LogP contribution < -0.4 is 10.1 Å². The summed E-state index contributed by atoms with van der Waals surface area (Å²) >= 11 is 0. The summed E-state index contributed by atoms with van der Waals surface area (Å²) in [5, 5.41) is 2.46. The highest BCUT2D eigenvalue weighted by atomic mass is 19.3. The number of benzene rings is 1. The Labute approximate surface area is 130 Å². The van der Waals surface area contributed by atoms with Crippen molar-refractivity contribution in [1.29, 1.82) is 0 Å². The molecule has 124 valence electrons. The summed E-state index contributed by atoms with van der Waals surface area (Å²) in [5.41, 5.74) is 0.0668. The van der Waals surface area contributed by atoms with E-state index in [0.717, 1.165) is 4.90 Å². The van der Waals surface area contributed by atoms with Gasteiger partial charge in [-0.1, -0.05) is 0 Å². The molecule has 0 saturated carbocycles. The molecule has 9 heteroatoms. The van der Waals surface area contributed by atoms with Gasteiger partial charge in [-0.2, -0.15) is 8.78 Å². The first-order chi connectivity index (χ1) is 10.9. The summed E-state index contributed by atoms with van der Waals surface area (Å²) in [5.74, 6) is -1.55. The third kappa shape index (κ3) is 4.15. The molecule has 0 unspecified atom stereocenters. The predicted molar refractivity (Wildman–Crippen MR) is 73.1 cm³/mol. The molecule has 1 aromatic carbocycles. The number of urea groups is 1. The van der Waals surface area contributed by atoms with Gasteiger partial charge in [-0.25, -0.2) is 9.59 Å². The Morgan fingerprint density at radius 1 is 1.26 bits per heavy atom. The van der Waals surface area contributed by atoms with Crippen LogP contribution in [-0.4, -0.2) is 48.6 Å². The van der Waals surface area contributed by atoms with Crippen molar-refractivity contribution in [2.45, 2.75) is 19.6 Å². The van der Waals surface area contributed by atoms with Crippen LogP contribution in [0, 0.1) is 0 Å². The predicted octanol–water partition coefficient (Wildman–Crippen LogP) is 1.39. The standard InChI is InChI=1S/C14H14F2N2O5/c1-8(11(19)18-7-6-17-14(18)21)22-12(20)9-2-4-10(5-3-9)23-13(15)16/h2-5,8,13H,6-7H2,1H3,(H,17,21)/t8-/m1/s1. The molecule has 3 amide bonds. The molecule has 1 aromatic rings. The number of alkyl halides is 2. The number of amides is 3. The van der Waals surface area contributed by atoms with E-state index in [0.29, 0.717) is 6.54 Å². The fraction of sp³-hybridized carbons (Fsp3) is 0.357. The monoisotopic (exact) mass is 328 g/mol. The van der Waals surface area contributed by atoms with Crippen LogP contribution in [-0.2, 0) is 9.53 Å². The second-order valence-corrected chi connectivity index (χ2v) is 4.67. The van der Waals surface area contributed by atoms with Crippen molar-refractivity contribution in [3.8, 4) is 5.75 Å². The topological polar surface area (TPSA) is 84.9 Å². The average Bonchev–Trinajstić information content (AvgIpc) is 2.92. The van der Waals surface area contributed by atoms with E-state index in [9.17, 15) is 23.2 Å². The molecule has 7 nitrogen and oxygen atoms in total. The summed E-state index contributed by atoms with van der Waals surface area (Å²) in [7, 11) is 0. The first-order valence-electron chi connectivity index (χ1n) is 6.73.